The van der Waals surface area contributed by atoms with Crippen LogP contribution in [0.3, 0.4) is 0 Å². The summed E-state index contributed by atoms with van der Waals surface area (Å²) in [5.74, 6) is 0.0757. The van der Waals surface area contributed by atoms with Crippen molar-refractivity contribution in [1.82, 2.24) is 10.2 Å². The van der Waals surface area contributed by atoms with Gasteiger partial charge in [0.2, 0.25) is 0 Å². The van der Waals surface area contributed by atoms with E-state index in [2.05, 4.69) is 43.8 Å². The molecule has 0 saturated heterocycles. The lowest BCUT2D eigenvalue weighted by Gasteiger charge is -2.18. The lowest BCUT2D eigenvalue weighted by Crippen LogP contribution is -2.30. The molecule has 1 aromatic rings. The topological polar surface area (TPSA) is 32.3 Å². The van der Waals surface area contributed by atoms with Gasteiger partial charge in [0.05, 0.1) is 5.56 Å². The van der Waals surface area contributed by atoms with E-state index < -0.39 is 0 Å². The Labute approximate surface area is 124 Å². The summed E-state index contributed by atoms with van der Waals surface area (Å²) in [5.41, 5.74) is 0.756. The van der Waals surface area contributed by atoms with Gasteiger partial charge < -0.3 is 10.2 Å². The van der Waals surface area contributed by atoms with Gasteiger partial charge in [0.25, 0.3) is 5.91 Å². The summed E-state index contributed by atoms with van der Waals surface area (Å²) < 4.78 is 1.92. The monoisotopic (exact) mass is 410 g/mol. The molecule has 0 atom stereocenters. The number of hydrogen-bond donors (Lipinski definition) is 1. The number of benzene rings is 1. The minimum atomic E-state index is 0.0757. The third kappa shape index (κ3) is 4.56. The second-order valence-electron chi connectivity index (χ2n) is 3.81. The lowest BCUT2D eigenvalue weighted by molar-refractivity contribution is 0.0792. The molecule has 0 saturated carbocycles. The zero-order valence-electron chi connectivity index (χ0n) is 9.96. The Bertz CT molecular complexity index is 398. The fourth-order valence-corrected chi connectivity index (χ4v) is 2.39. The molecule has 0 fully saturated rings. The molecule has 3 nitrogen and oxygen atoms in total. The van der Waals surface area contributed by atoms with E-state index in [1.165, 1.54) is 0 Å². The highest BCUT2D eigenvalue weighted by molar-refractivity contribution is 14.1. The molecular weight excluding hydrogens is 395 g/mol. The predicted molar refractivity (Wildman–Crippen MR) is 82.4 cm³/mol. The SMILES string of the molecule is CNCCCN(C)C(=O)c1cc(Br)ccc1I. The van der Waals surface area contributed by atoms with E-state index in [9.17, 15) is 4.79 Å². The number of halogens is 2. The van der Waals surface area contributed by atoms with Crippen molar-refractivity contribution < 1.29 is 4.79 Å². The van der Waals surface area contributed by atoms with Crippen molar-refractivity contribution >= 4 is 44.4 Å². The first kappa shape index (κ1) is 14.9. The maximum absolute atomic E-state index is 12.2. The fraction of sp³-hybridized carbons (Fsp3) is 0.417. The lowest BCUT2D eigenvalue weighted by atomic mass is 10.2. The first-order valence-corrected chi connectivity index (χ1v) is 7.28. The summed E-state index contributed by atoms with van der Waals surface area (Å²) in [7, 11) is 3.76. The summed E-state index contributed by atoms with van der Waals surface area (Å²) in [4.78, 5) is 14.0. The van der Waals surface area contributed by atoms with E-state index in [0.717, 1.165) is 33.1 Å². The predicted octanol–water partition coefficient (Wildman–Crippen LogP) is 2.74. The van der Waals surface area contributed by atoms with Crippen molar-refractivity contribution in [2.45, 2.75) is 6.42 Å². The van der Waals surface area contributed by atoms with E-state index in [0.29, 0.717) is 0 Å². The normalized spacial score (nSPS) is 10.4. The molecule has 1 rings (SSSR count). The molecule has 17 heavy (non-hydrogen) atoms. The molecule has 0 spiro atoms. The van der Waals surface area contributed by atoms with Crippen LogP contribution >= 0.6 is 38.5 Å². The number of carbonyl (C=O) groups excluding carboxylic acids is 1. The van der Waals surface area contributed by atoms with E-state index in [4.69, 9.17) is 0 Å². The van der Waals surface area contributed by atoms with Gasteiger partial charge in [-0.15, -0.1) is 0 Å². The van der Waals surface area contributed by atoms with Crippen LogP contribution in [0.25, 0.3) is 0 Å². The third-order valence-corrected chi connectivity index (χ3v) is 3.86. The van der Waals surface area contributed by atoms with Crippen molar-refractivity contribution in [3.63, 3.8) is 0 Å². The summed E-state index contributed by atoms with van der Waals surface area (Å²) in [6.07, 6.45) is 0.962. The number of nitrogens with one attached hydrogen (secondary N) is 1. The number of carbonyl (C=O) groups is 1. The quantitative estimate of drug-likeness (QED) is 0.597. The molecule has 0 aliphatic rings. The van der Waals surface area contributed by atoms with Crippen LogP contribution in [0, 0.1) is 3.57 Å². The van der Waals surface area contributed by atoms with Gasteiger partial charge in [-0.25, -0.2) is 0 Å². The molecular formula is C12H16BrIN2O. The van der Waals surface area contributed by atoms with E-state index in [1.54, 1.807) is 4.90 Å². The minimum absolute atomic E-state index is 0.0757. The Balaban J connectivity index is 2.71. The van der Waals surface area contributed by atoms with Gasteiger partial charge in [-0.3, -0.25) is 4.79 Å². The highest BCUT2D eigenvalue weighted by Crippen LogP contribution is 2.19. The zero-order chi connectivity index (χ0) is 12.8. The van der Waals surface area contributed by atoms with Crippen LogP contribution in [-0.2, 0) is 0 Å². The second kappa shape index (κ2) is 7.33. The van der Waals surface area contributed by atoms with Gasteiger partial charge in [-0.05, 0) is 60.8 Å². The maximum atomic E-state index is 12.2. The highest BCUT2D eigenvalue weighted by Gasteiger charge is 2.14. The van der Waals surface area contributed by atoms with Crippen molar-refractivity contribution in [2.75, 3.05) is 27.2 Å². The number of hydrogen-bond acceptors (Lipinski definition) is 2. The van der Waals surface area contributed by atoms with Gasteiger partial charge >= 0.3 is 0 Å². The molecule has 1 amide bonds. The summed E-state index contributed by atoms with van der Waals surface area (Å²) in [6, 6.07) is 5.76. The van der Waals surface area contributed by atoms with E-state index in [-0.39, 0.29) is 5.91 Å². The molecule has 0 bridgehead atoms. The molecule has 1 N–H and O–H groups in total. The first-order valence-electron chi connectivity index (χ1n) is 5.41. The van der Waals surface area contributed by atoms with Crippen molar-refractivity contribution in [3.8, 4) is 0 Å². The maximum Gasteiger partial charge on any atom is 0.254 e. The second-order valence-corrected chi connectivity index (χ2v) is 5.89. The van der Waals surface area contributed by atoms with Crippen LogP contribution in [0.4, 0.5) is 0 Å². The van der Waals surface area contributed by atoms with Crippen LogP contribution in [0.5, 0.6) is 0 Å². The van der Waals surface area contributed by atoms with Gasteiger partial charge in [0.15, 0.2) is 0 Å². The fourth-order valence-electron chi connectivity index (χ4n) is 1.46. The molecule has 94 valence electrons. The van der Waals surface area contributed by atoms with Crippen molar-refractivity contribution in [3.05, 3.63) is 31.8 Å². The average Bonchev–Trinajstić information content (AvgIpc) is 2.31. The third-order valence-electron chi connectivity index (χ3n) is 2.43. The molecule has 0 aliphatic heterocycles. The number of nitrogens with zero attached hydrogens (tertiary/aromatic N) is 1. The Hall–Kier alpha value is -0.140. The first-order chi connectivity index (χ1) is 8.06. The summed E-state index contributed by atoms with van der Waals surface area (Å²) in [6.45, 7) is 1.69. The Kier molecular flexibility index (Phi) is 6.43. The average molecular weight is 411 g/mol. The van der Waals surface area contributed by atoms with Crippen molar-refractivity contribution in [1.29, 1.82) is 0 Å². The van der Waals surface area contributed by atoms with Gasteiger partial charge in [0.1, 0.15) is 0 Å². The number of rotatable bonds is 5. The van der Waals surface area contributed by atoms with Crippen molar-refractivity contribution in [2.24, 2.45) is 0 Å². The standard InChI is InChI=1S/C12H16BrIN2O/c1-15-6-3-7-16(2)12(17)10-8-9(13)4-5-11(10)14/h4-5,8,15H,3,6-7H2,1-2H3. The van der Waals surface area contributed by atoms with Gasteiger partial charge in [0, 0.05) is 21.6 Å². The van der Waals surface area contributed by atoms with Crippen LogP contribution < -0.4 is 5.32 Å². The molecule has 0 unspecified atom stereocenters. The zero-order valence-corrected chi connectivity index (χ0v) is 13.7. The van der Waals surface area contributed by atoms with Crippen LogP contribution in [0.2, 0.25) is 0 Å². The molecule has 0 aliphatic carbocycles. The van der Waals surface area contributed by atoms with Gasteiger partial charge in [-0.1, -0.05) is 15.9 Å². The van der Waals surface area contributed by atoms with E-state index >= 15 is 0 Å². The molecule has 5 heteroatoms. The molecule has 0 radical (unpaired) electrons. The summed E-state index contributed by atoms with van der Waals surface area (Å²) >= 11 is 5.58. The van der Waals surface area contributed by atoms with Crippen LogP contribution in [-0.4, -0.2) is 38.0 Å². The van der Waals surface area contributed by atoms with E-state index in [1.807, 2.05) is 32.3 Å². The molecule has 0 aromatic heterocycles. The Morgan fingerprint density at radius 2 is 2.24 bits per heavy atom. The van der Waals surface area contributed by atoms with Gasteiger partial charge in [-0.2, -0.15) is 0 Å². The molecule has 1 aromatic carbocycles. The largest absolute Gasteiger partial charge is 0.342 e. The number of amides is 1. The highest BCUT2D eigenvalue weighted by atomic mass is 127. The molecule has 0 heterocycles. The Morgan fingerprint density at radius 3 is 2.88 bits per heavy atom. The van der Waals surface area contributed by atoms with Crippen LogP contribution in [0.1, 0.15) is 16.8 Å². The van der Waals surface area contributed by atoms with Crippen LogP contribution in [0.15, 0.2) is 22.7 Å². The smallest absolute Gasteiger partial charge is 0.254 e. The summed E-state index contributed by atoms with van der Waals surface area (Å²) in [5, 5.41) is 3.08. The Morgan fingerprint density at radius 1 is 1.53 bits per heavy atom. The minimum Gasteiger partial charge on any atom is -0.342 e.